The van der Waals surface area contributed by atoms with Crippen molar-refractivity contribution in [3.05, 3.63) is 44.9 Å². The molecule has 0 unspecified atom stereocenters. The van der Waals surface area contributed by atoms with Crippen LogP contribution in [0.25, 0.3) is 0 Å². The second kappa shape index (κ2) is 6.71. The summed E-state index contributed by atoms with van der Waals surface area (Å²) in [5, 5.41) is 3.69. The van der Waals surface area contributed by atoms with Crippen molar-refractivity contribution in [1.29, 1.82) is 0 Å². The molecule has 0 radical (unpaired) electrons. The van der Waals surface area contributed by atoms with Gasteiger partial charge in [0.1, 0.15) is 0 Å². The molecule has 1 aliphatic rings. The number of aromatic nitrogens is 1. The maximum absolute atomic E-state index is 12.1. The molecule has 3 nitrogen and oxygen atoms in total. The van der Waals surface area contributed by atoms with Gasteiger partial charge in [-0.3, -0.25) is 4.79 Å². The number of nitrogens with zero attached hydrogens (tertiary/aromatic N) is 1. The standard InChI is InChI=1S/C16H17BrN2OS/c17-12-8-6-11(7-9-12)10-15(20)19-16-18-13-4-2-1-3-5-14(13)21-16/h6-9H,1-5,10H2,(H,18,19,20). The summed E-state index contributed by atoms with van der Waals surface area (Å²) in [4.78, 5) is 18.0. The molecule has 0 saturated carbocycles. The number of hydrogen-bond acceptors (Lipinski definition) is 3. The molecule has 21 heavy (non-hydrogen) atoms. The Balaban J connectivity index is 1.63. The van der Waals surface area contributed by atoms with Crippen LogP contribution >= 0.6 is 27.3 Å². The van der Waals surface area contributed by atoms with Crippen LogP contribution in [0.1, 0.15) is 35.4 Å². The summed E-state index contributed by atoms with van der Waals surface area (Å²) < 4.78 is 1.02. The average Bonchev–Trinajstić information content (AvgIpc) is 2.70. The third-order valence-electron chi connectivity index (χ3n) is 3.62. The van der Waals surface area contributed by atoms with Crippen LogP contribution in [0.4, 0.5) is 5.13 Å². The van der Waals surface area contributed by atoms with Crippen LogP contribution in [0.5, 0.6) is 0 Å². The van der Waals surface area contributed by atoms with Gasteiger partial charge in [0.05, 0.1) is 12.1 Å². The molecule has 0 fully saturated rings. The average molecular weight is 365 g/mol. The van der Waals surface area contributed by atoms with Crippen molar-refractivity contribution < 1.29 is 4.79 Å². The molecule has 0 bridgehead atoms. The molecule has 1 N–H and O–H groups in total. The lowest BCUT2D eigenvalue weighted by Crippen LogP contribution is -2.14. The van der Waals surface area contributed by atoms with E-state index in [2.05, 4.69) is 26.2 Å². The fraction of sp³-hybridized carbons (Fsp3) is 0.375. The molecule has 1 heterocycles. The molecule has 3 rings (SSSR count). The number of anilines is 1. The number of fused-ring (bicyclic) bond motifs is 1. The van der Waals surface area contributed by atoms with Crippen LogP contribution in [0.2, 0.25) is 0 Å². The number of amides is 1. The molecule has 5 heteroatoms. The molecule has 0 spiro atoms. The van der Waals surface area contributed by atoms with E-state index in [0.29, 0.717) is 6.42 Å². The van der Waals surface area contributed by atoms with E-state index < -0.39 is 0 Å². The van der Waals surface area contributed by atoms with Gasteiger partial charge in [0.15, 0.2) is 5.13 Å². The first-order chi connectivity index (χ1) is 10.2. The van der Waals surface area contributed by atoms with Crippen molar-refractivity contribution in [2.24, 2.45) is 0 Å². The van der Waals surface area contributed by atoms with Crippen molar-refractivity contribution in [2.45, 2.75) is 38.5 Å². The minimum Gasteiger partial charge on any atom is -0.302 e. The Morgan fingerprint density at radius 3 is 2.76 bits per heavy atom. The number of hydrogen-bond donors (Lipinski definition) is 1. The second-order valence-electron chi connectivity index (χ2n) is 5.30. The summed E-state index contributed by atoms with van der Waals surface area (Å²) in [6, 6.07) is 7.82. The fourth-order valence-electron chi connectivity index (χ4n) is 2.53. The van der Waals surface area contributed by atoms with Gasteiger partial charge in [-0.25, -0.2) is 4.98 Å². The minimum absolute atomic E-state index is 0.00114. The smallest absolute Gasteiger partial charge is 0.230 e. The van der Waals surface area contributed by atoms with E-state index in [9.17, 15) is 4.79 Å². The summed E-state index contributed by atoms with van der Waals surface area (Å²) in [6.07, 6.45) is 6.28. The van der Waals surface area contributed by atoms with Gasteiger partial charge in [-0.05, 0) is 43.4 Å². The van der Waals surface area contributed by atoms with Crippen molar-refractivity contribution in [3.8, 4) is 0 Å². The lowest BCUT2D eigenvalue weighted by molar-refractivity contribution is -0.115. The number of aryl methyl sites for hydroxylation is 2. The summed E-state index contributed by atoms with van der Waals surface area (Å²) >= 11 is 5.03. The zero-order chi connectivity index (χ0) is 14.7. The molecule has 110 valence electrons. The number of benzene rings is 1. The van der Waals surface area contributed by atoms with Gasteiger partial charge in [-0.1, -0.05) is 34.5 Å². The molecule has 1 aromatic heterocycles. The van der Waals surface area contributed by atoms with Crippen molar-refractivity contribution in [2.75, 3.05) is 5.32 Å². The number of halogens is 1. The van der Waals surface area contributed by atoms with Gasteiger partial charge in [0.2, 0.25) is 5.91 Å². The Morgan fingerprint density at radius 1 is 1.19 bits per heavy atom. The summed E-state index contributed by atoms with van der Waals surface area (Å²) in [6.45, 7) is 0. The highest BCUT2D eigenvalue weighted by Gasteiger charge is 2.15. The highest BCUT2D eigenvalue weighted by molar-refractivity contribution is 9.10. The summed E-state index contributed by atoms with van der Waals surface area (Å²) in [5.74, 6) is 0.00114. The van der Waals surface area contributed by atoms with Gasteiger partial charge < -0.3 is 5.32 Å². The van der Waals surface area contributed by atoms with E-state index in [-0.39, 0.29) is 5.91 Å². The van der Waals surface area contributed by atoms with Crippen LogP contribution in [0.3, 0.4) is 0 Å². The summed E-state index contributed by atoms with van der Waals surface area (Å²) in [7, 11) is 0. The topological polar surface area (TPSA) is 42.0 Å². The minimum atomic E-state index is 0.00114. The lowest BCUT2D eigenvalue weighted by Gasteiger charge is -2.02. The molecule has 2 aromatic rings. The first-order valence-electron chi connectivity index (χ1n) is 7.23. The molecule has 0 atom stereocenters. The van der Waals surface area contributed by atoms with Crippen molar-refractivity contribution in [1.82, 2.24) is 4.98 Å². The van der Waals surface area contributed by atoms with Crippen LogP contribution in [0, 0.1) is 0 Å². The Bertz CT molecular complexity index is 613. The SMILES string of the molecule is O=C(Cc1ccc(Br)cc1)Nc1nc2c(s1)CCCCC2. The van der Waals surface area contributed by atoms with E-state index >= 15 is 0 Å². The first-order valence-corrected chi connectivity index (χ1v) is 8.84. The molecule has 1 amide bonds. The highest BCUT2D eigenvalue weighted by atomic mass is 79.9. The van der Waals surface area contributed by atoms with Crippen molar-refractivity contribution >= 4 is 38.3 Å². The van der Waals surface area contributed by atoms with Crippen molar-refractivity contribution in [3.63, 3.8) is 0 Å². The van der Waals surface area contributed by atoms with E-state index in [4.69, 9.17) is 0 Å². The van der Waals surface area contributed by atoms with E-state index in [0.717, 1.165) is 28.0 Å². The monoisotopic (exact) mass is 364 g/mol. The maximum atomic E-state index is 12.1. The third-order valence-corrected chi connectivity index (χ3v) is 5.22. The predicted octanol–water partition coefficient (Wildman–Crippen LogP) is 4.36. The van der Waals surface area contributed by atoms with Gasteiger partial charge in [-0.15, -0.1) is 11.3 Å². The predicted molar refractivity (Wildman–Crippen MR) is 89.8 cm³/mol. The number of carbonyl (C=O) groups excluding carboxylic acids is 1. The van der Waals surface area contributed by atoms with Gasteiger partial charge in [-0.2, -0.15) is 0 Å². The van der Waals surface area contributed by atoms with Crippen LogP contribution in [-0.4, -0.2) is 10.9 Å². The van der Waals surface area contributed by atoms with Crippen LogP contribution in [0.15, 0.2) is 28.7 Å². The summed E-state index contributed by atoms with van der Waals surface area (Å²) in [5.41, 5.74) is 2.20. The second-order valence-corrected chi connectivity index (χ2v) is 7.30. The number of carbonyl (C=O) groups is 1. The Labute approximate surface area is 136 Å². The van der Waals surface area contributed by atoms with Gasteiger partial charge >= 0.3 is 0 Å². The van der Waals surface area contributed by atoms with Crippen LogP contribution < -0.4 is 5.32 Å². The van der Waals surface area contributed by atoms with Crippen LogP contribution in [-0.2, 0) is 24.1 Å². The van der Waals surface area contributed by atoms with Gasteiger partial charge in [0, 0.05) is 9.35 Å². The number of rotatable bonds is 3. The highest BCUT2D eigenvalue weighted by Crippen LogP contribution is 2.28. The third kappa shape index (κ3) is 3.92. The molecule has 1 aliphatic carbocycles. The Kier molecular flexibility index (Phi) is 4.70. The normalized spacial score (nSPS) is 14.3. The van der Waals surface area contributed by atoms with E-state index in [1.54, 1.807) is 11.3 Å². The molecule has 0 aliphatic heterocycles. The first kappa shape index (κ1) is 14.7. The Morgan fingerprint density at radius 2 is 1.95 bits per heavy atom. The zero-order valence-electron chi connectivity index (χ0n) is 11.7. The van der Waals surface area contributed by atoms with Gasteiger partial charge in [0.25, 0.3) is 0 Å². The number of nitrogens with one attached hydrogen (secondary N) is 1. The van der Waals surface area contributed by atoms with E-state index in [1.165, 1.54) is 29.8 Å². The lowest BCUT2D eigenvalue weighted by atomic mass is 10.1. The largest absolute Gasteiger partial charge is 0.302 e. The molecule has 1 aromatic carbocycles. The fourth-order valence-corrected chi connectivity index (χ4v) is 3.86. The molecular weight excluding hydrogens is 348 g/mol. The maximum Gasteiger partial charge on any atom is 0.230 e. The molecule has 0 saturated heterocycles. The Hall–Kier alpha value is -1.20. The zero-order valence-corrected chi connectivity index (χ0v) is 14.1. The quantitative estimate of drug-likeness (QED) is 0.822. The molecular formula is C16H17BrN2OS. The van der Waals surface area contributed by atoms with E-state index in [1.807, 2.05) is 24.3 Å². The number of thiazole rings is 1.